The third-order valence-electron chi connectivity index (χ3n) is 2.73. The number of hydrogen-bond acceptors (Lipinski definition) is 5. The number of nitrogens with zero attached hydrogens (tertiary/aromatic N) is 2. The molecule has 0 aliphatic heterocycles. The van der Waals surface area contributed by atoms with Gasteiger partial charge in [0.1, 0.15) is 5.82 Å². The third kappa shape index (κ3) is 4.64. The van der Waals surface area contributed by atoms with E-state index in [2.05, 4.69) is 15.5 Å². The van der Waals surface area contributed by atoms with Crippen molar-refractivity contribution in [2.45, 2.75) is 25.9 Å². The summed E-state index contributed by atoms with van der Waals surface area (Å²) in [6.45, 7) is 1.80. The third-order valence-corrected chi connectivity index (χ3v) is 2.73. The van der Waals surface area contributed by atoms with Gasteiger partial charge < -0.3 is 14.9 Å². The molecule has 112 valence electrons. The van der Waals surface area contributed by atoms with E-state index in [0.717, 1.165) is 0 Å². The van der Waals surface area contributed by atoms with Crippen LogP contribution in [0.4, 0.5) is 4.39 Å². The number of aliphatic hydroxyl groups is 1. The van der Waals surface area contributed by atoms with E-state index in [4.69, 9.17) is 9.63 Å². The maximum absolute atomic E-state index is 12.8. The molecule has 0 fully saturated rings. The number of aliphatic hydroxyl groups excluding tert-OH is 1. The van der Waals surface area contributed by atoms with E-state index in [0.29, 0.717) is 23.7 Å². The molecule has 1 aromatic carbocycles. The standard InChI is InChI=1S/C14H16FN3O3/c1-9(19)8-16-12(20)6-7-13-17-14(18-21-13)10-2-4-11(15)5-3-10/h2-5,9,19H,6-8H2,1H3,(H,16,20)/t9-/m0/s1. The molecule has 0 unspecified atom stereocenters. The van der Waals surface area contributed by atoms with Crippen LogP contribution in [-0.2, 0) is 11.2 Å². The second kappa shape index (κ2) is 6.94. The fraction of sp³-hybridized carbons (Fsp3) is 0.357. The molecule has 2 rings (SSSR count). The van der Waals surface area contributed by atoms with E-state index in [1.54, 1.807) is 19.1 Å². The average Bonchev–Trinajstić information content (AvgIpc) is 2.92. The molecule has 6 nitrogen and oxygen atoms in total. The summed E-state index contributed by atoms with van der Waals surface area (Å²) >= 11 is 0. The van der Waals surface area contributed by atoms with E-state index in [1.807, 2.05) is 0 Å². The molecule has 0 saturated carbocycles. The summed E-state index contributed by atoms with van der Waals surface area (Å²) in [6.07, 6.45) is -0.0835. The van der Waals surface area contributed by atoms with E-state index in [9.17, 15) is 9.18 Å². The lowest BCUT2D eigenvalue weighted by Crippen LogP contribution is -2.30. The second-order valence-corrected chi connectivity index (χ2v) is 4.67. The van der Waals surface area contributed by atoms with Crippen LogP contribution in [0.25, 0.3) is 11.4 Å². The molecule has 2 aromatic rings. The summed E-state index contributed by atoms with van der Waals surface area (Å²) in [5, 5.41) is 15.4. The Hall–Kier alpha value is -2.28. The number of aryl methyl sites for hydroxylation is 1. The molecular weight excluding hydrogens is 277 g/mol. The highest BCUT2D eigenvalue weighted by atomic mass is 19.1. The van der Waals surface area contributed by atoms with Crippen molar-refractivity contribution in [3.63, 3.8) is 0 Å². The highest BCUT2D eigenvalue weighted by Crippen LogP contribution is 2.16. The Morgan fingerprint density at radius 2 is 2.14 bits per heavy atom. The Labute approximate surface area is 121 Å². The fourth-order valence-corrected chi connectivity index (χ4v) is 1.64. The van der Waals surface area contributed by atoms with E-state index in [1.165, 1.54) is 12.1 Å². The number of amides is 1. The van der Waals surface area contributed by atoms with Crippen molar-refractivity contribution in [2.24, 2.45) is 0 Å². The highest BCUT2D eigenvalue weighted by Gasteiger charge is 2.11. The number of aromatic nitrogens is 2. The smallest absolute Gasteiger partial charge is 0.227 e. The number of carbonyl (C=O) groups is 1. The van der Waals surface area contributed by atoms with Crippen LogP contribution < -0.4 is 5.32 Å². The monoisotopic (exact) mass is 293 g/mol. The summed E-state index contributed by atoms with van der Waals surface area (Å²) in [5.74, 6) is 0.158. The van der Waals surface area contributed by atoms with Crippen LogP contribution in [0.15, 0.2) is 28.8 Å². The minimum absolute atomic E-state index is 0.192. The van der Waals surface area contributed by atoms with Crippen molar-refractivity contribution in [2.75, 3.05) is 6.54 Å². The molecule has 1 atom stereocenters. The molecule has 0 spiro atoms. The number of halogens is 1. The van der Waals surface area contributed by atoms with Gasteiger partial charge in [0.2, 0.25) is 17.6 Å². The Kier molecular flexibility index (Phi) is 4.99. The molecule has 0 aliphatic rings. The Bertz CT molecular complexity index is 596. The molecule has 21 heavy (non-hydrogen) atoms. The first-order chi connectivity index (χ1) is 10.0. The van der Waals surface area contributed by atoms with E-state index >= 15 is 0 Å². The number of hydrogen-bond donors (Lipinski definition) is 2. The van der Waals surface area contributed by atoms with Crippen LogP contribution in [0.3, 0.4) is 0 Å². The van der Waals surface area contributed by atoms with Crippen LogP contribution in [0.2, 0.25) is 0 Å². The number of carbonyl (C=O) groups excluding carboxylic acids is 1. The zero-order chi connectivity index (χ0) is 15.2. The van der Waals surface area contributed by atoms with Crippen molar-refractivity contribution < 1.29 is 18.8 Å². The predicted octanol–water partition coefficient (Wildman–Crippen LogP) is 1.31. The molecule has 0 bridgehead atoms. The highest BCUT2D eigenvalue weighted by molar-refractivity contribution is 5.76. The van der Waals surface area contributed by atoms with Crippen LogP contribution in [0, 0.1) is 5.82 Å². The Balaban J connectivity index is 1.88. The van der Waals surface area contributed by atoms with Gasteiger partial charge in [-0.1, -0.05) is 5.16 Å². The maximum atomic E-state index is 12.8. The lowest BCUT2D eigenvalue weighted by molar-refractivity contribution is -0.121. The first-order valence-electron chi connectivity index (χ1n) is 6.58. The number of rotatable bonds is 6. The Morgan fingerprint density at radius 3 is 2.81 bits per heavy atom. The van der Waals surface area contributed by atoms with Crippen molar-refractivity contribution in [1.29, 1.82) is 0 Å². The number of nitrogens with one attached hydrogen (secondary N) is 1. The molecule has 1 heterocycles. The summed E-state index contributed by atoms with van der Waals surface area (Å²) in [7, 11) is 0. The average molecular weight is 293 g/mol. The molecule has 0 aliphatic carbocycles. The first kappa shape index (κ1) is 15.1. The van der Waals surface area contributed by atoms with Crippen molar-refractivity contribution in [3.05, 3.63) is 36.0 Å². The van der Waals surface area contributed by atoms with Gasteiger partial charge in [-0.2, -0.15) is 4.98 Å². The van der Waals surface area contributed by atoms with Crippen LogP contribution in [-0.4, -0.2) is 33.8 Å². The zero-order valence-electron chi connectivity index (χ0n) is 11.5. The molecular formula is C14H16FN3O3. The van der Waals surface area contributed by atoms with E-state index < -0.39 is 6.10 Å². The summed E-state index contributed by atoms with van der Waals surface area (Å²) in [6, 6.07) is 5.74. The molecule has 7 heteroatoms. The minimum Gasteiger partial charge on any atom is -0.392 e. The van der Waals surface area contributed by atoms with Crippen molar-refractivity contribution >= 4 is 5.91 Å². The minimum atomic E-state index is -0.581. The van der Waals surface area contributed by atoms with Gasteiger partial charge in [-0.3, -0.25) is 4.79 Å². The van der Waals surface area contributed by atoms with Crippen LogP contribution in [0.5, 0.6) is 0 Å². The molecule has 0 saturated heterocycles. The van der Waals surface area contributed by atoms with Gasteiger partial charge in [0, 0.05) is 24.9 Å². The quantitative estimate of drug-likeness (QED) is 0.838. The van der Waals surface area contributed by atoms with Gasteiger partial charge >= 0.3 is 0 Å². The second-order valence-electron chi connectivity index (χ2n) is 4.67. The lowest BCUT2D eigenvalue weighted by Gasteiger charge is -2.05. The van der Waals surface area contributed by atoms with Crippen molar-refractivity contribution in [3.8, 4) is 11.4 Å². The Morgan fingerprint density at radius 1 is 1.43 bits per heavy atom. The van der Waals surface area contributed by atoms with Crippen molar-refractivity contribution in [1.82, 2.24) is 15.5 Å². The predicted molar refractivity (Wildman–Crippen MR) is 72.7 cm³/mol. The van der Waals surface area contributed by atoms with Gasteiger partial charge in [0.15, 0.2) is 0 Å². The van der Waals surface area contributed by atoms with Crippen LogP contribution in [0.1, 0.15) is 19.2 Å². The topological polar surface area (TPSA) is 88.2 Å². The maximum Gasteiger partial charge on any atom is 0.227 e. The summed E-state index contributed by atoms with van der Waals surface area (Å²) in [5.41, 5.74) is 0.643. The molecule has 1 amide bonds. The van der Waals surface area contributed by atoms with Gasteiger partial charge in [-0.15, -0.1) is 0 Å². The zero-order valence-corrected chi connectivity index (χ0v) is 11.5. The first-order valence-corrected chi connectivity index (χ1v) is 6.58. The SMILES string of the molecule is C[C@H](O)CNC(=O)CCc1nc(-c2ccc(F)cc2)no1. The van der Waals surface area contributed by atoms with Gasteiger partial charge in [-0.05, 0) is 31.2 Å². The van der Waals surface area contributed by atoms with E-state index in [-0.39, 0.29) is 24.7 Å². The summed E-state index contributed by atoms with van der Waals surface area (Å²) in [4.78, 5) is 15.6. The molecule has 1 aromatic heterocycles. The normalized spacial score (nSPS) is 12.1. The van der Waals surface area contributed by atoms with Gasteiger partial charge in [-0.25, -0.2) is 4.39 Å². The van der Waals surface area contributed by atoms with Crippen LogP contribution >= 0.6 is 0 Å². The van der Waals surface area contributed by atoms with Gasteiger partial charge in [0.05, 0.1) is 6.10 Å². The molecule has 0 radical (unpaired) electrons. The van der Waals surface area contributed by atoms with Gasteiger partial charge in [0.25, 0.3) is 0 Å². The fourth-order valence-electron chi connectivity index (χ4n) is 1.64. The molecule has 2 N–H and O–H groups in total. The summed E-state index contributed by atoms with van der Waals surface area (Å²) < 4.78 is 17.9. The number of benzene rings is 1. The largest absolute Gasteiger partial charge is 0.392 e. The lowest BCUT2D eigenvalue weighted by atomic mass is 10.2.